The maximum absolute atomic E-state index is 10.1. The first-order valence-corrected chi connectivity index (χ1v) is 5.13. The number of aryl methyl sites for hydroxylation is 1. The summed E-state index contributed by atoms with van der Waals surface area (Å²) in [6.07, 6.45) is 1.91. The van der Waals surface area contributed by atoms with E-state index in [4.69, 9.17) is 0 Å². The fraction of sp³-hybridized carbons (Fsp3) is 0.333. The first-order chi connectivity index (χ1) is 7.02. The zero-order valence-corrected chi connectivity index (χ0v) is 12.4. The van der Waals surface area contributed by atoms with Gasteiger partial charge in [-0.3, -0.25) is 19.0 Å². The molecule has 0 saturated heterocycles. The molecule has 0 aliphatic carbocycles. The number of aromatic nitrogens is 1. The van der Waals surface area contributed by atoms with E-state index in [0.717, 1.165) is 12.1 Å². The minimum atomic E-state index is -0.186. The van der Waals surface area contributed by atoms with E-state index in [-0.39, 0.29) is 28.9 Å². The topological polar surface area (TPSA) is 74.0 Å². The van der Waals surface area contributed by atoms with Crippen molar-refractivity contribution in [2.45, 2.75) is 20.8 Å². The third kappa shape index (κ3) is 13.1. The molecular weight excluding hydrogens is 293 g/mol. The van der Waals surface area contributed by atoms with E-state index >= 15 is 0 Å². The summed E-state index contributed by atoms with van der Waals surface area (Å²) in [5, 5.41) is 0. The van der Waals surface area contributed by atoms with Gasteiger partial charge in [-0.1, -0.05) is 0 Å². The molecule has 0 aliphatic rings. The summed E-state index contributed by atoms with van der Waals surface area (Å²) in [5.74, 6) is -0.373. The quantitative estimate of drug-likeness (QED) is 0.541. The zero-order valence-electron chi connectivity index (χ0n) is 9.46. The second-order valence-corrected chi connectivity index (χ2v) is 3.38. The average molecular weight is 310 g/mol. The molecule has 0 unspecified atom stereocenters. The van der Waals surface area contributed by atoms with Gasteiger partial charge in [0.1, 0.15) is 0 Å². The van der Waals surface area contributed by atoms with Gasteiger partial charge in [-0.15, -0.1) is 0 Å². The van der Waals surface area contributed by atoms with Gasteiger partial charge in [-0.25, -0.2) is 0 Å². The van der Waals surface area contributed by atoms with Crippen molar-refractivity contribution in [2.24, 2.45) is 0 Å². The molecule has 1 aromatic rings. The number of hydrogen-bond donors (Lipinski definition) is 3. The normalized spacial score (nSPS) is 7.94. The van der Waals surface area contributed by atoms with Gasteiger partial charge in [0.25, 0.3) is 0 Å². The fourth-order valence-corrected chi connectivity index (χ4v) is 0.928. The molecule has 2 amide bonds. The van der Waals surface area contributed by atoms with Crippen LogP contribution in [0.1, 0.15) is 19.5 Å². The zero-order chi connectivity index (χ0) is 11.7. The van der Waals surface area contributed by atoms with Crippen molar-refractivity contribution in [3.05, 3.63) is 24.0 Å². The van der Waals surface area contributed by atoms with Gasteiger partial charge < -0.3 is 4.98 Å². The van der Waals surface area contributed by atoms with Gasteiger partial charge in [0, 0.05) is 25.7 Å². The molecule has 16 heavy (non-hydrogen) atoms. The van der Waals surface area contributed by atoms with Crippen LogP contribution in [-0.2, 0) is 9.59 Å². The van der Waals surface area contributed by atoms with Gasteiger partial charge in [-0.05, 0) is 19.1 Å². The predicted octanol–water partition coefficient (Wildman–Crippen LogP) is 0.229. The maximum atomic E-state index is 10.1. The van der Waals surface area contributed by atoms with Crippen LogP contribution in [-0.4, -0.2) is 33.9 Å². The fourth-order valence-electron chi connectivity index (χ4n) is 0.589. The van der Waals surface area contributed by atoms with Crippen LogP contribution in [0.2, 0.25) is 0 Å². The molecule has 0 radical (unpaired) electrons. The SMILES string of the molecule is CC(=O)NSNC(C)=O.Cc1ccc[nH]1.[SeH2]. The summed E-state index contributed by atoms with van der Waals surface area (Å²) in [7, 11) is 0. The van der Waals surface area contributed by atoms with Crippen molar-refractivity contribution < 1.29 is 9.59 Å². The van der Waals surface area contributed by atoms with Crippen molar-refractivity contribution in [3.8, 4) is 0 Å². The number of amides is 2. The Kier molecular flexibility index (Phi) is 11.6. The Labute approximate surface area is 110 Å². The predicted molar refractivity (Wildman–Crippen MR) is 69.3 cm³/mol. The van der Waals surface area contributed by atoms with Crippen LogP contribution >= 0.6 is 12.1 Å². The molecule has 0 fully saturated rings. The van der Waals surface area contributed by atoms with E-state index in [1.54, 1.807) is 0 Å². The summed E-state index contributed by atoms with van der Waals surface area (Å²) >= 11 is 0.870. The van der Waals surface area contributed by atoms with E-state index in [1.165, 1.54) is 19.5 Å². The number of aromatic amines is 1. The number of rotatable bonds is 2. The van der Waals surface area contributed by atoms with E-state index in [9.17, 15) is 9.59 Å². The number of hydrogen-bond acceptors (Lipinski definition) is 3. The number of carbonyl (C=O) groups excluding carboxylic acids is 2. The molecule has 0 atom stereocenters. The van der Waals surface area contributed by atoms with Gasteiger partial charge in [0.2, 0.25) is 11.8 Å². The molecule has 0 aromatic carbocycles. The van der Waals surface area contributed by atoms with Gasteiger partial charge in [0.15, 0.2) is 0 Å². The molecule has 7 heteroatoms. The Bertz CT molecular complexity index is 290. The second-order valence-electron chi connectivity index (χ2n) is 2.77. The second kappa shape index (κ2) is 10.6. The molecular formula is C9H17N3O2SSe. The van der Waals surface area contributed by atoms with Crippen LogP contribution in [0.15, 0.2) is 18.3 Å². The van der Waals surface area contributed by atoms with Crippen LogP contribution in [0.5, 0.6) is 0 Å². The van der Waals surface area contributed by atoms with Gasteiger partial charge in [0.05, 0.1) is 12.1 Å². The average Bonchev–Trinajstić information content (AvgIpc) is 2.55. The van der Waals surface area contributed by atoms with E-state index in [1.807, 2.05) is 25.3 Å². The summed E-state index contributed by atoms with van der Waals surface area (Å²) in [6.45, 7) is 4.77. The Hall–Kier alpha value is -0.911. The van der Waals surface area contributed by atoms with Crippen LogP contribution in [0.3, 0.4) is 0 Å². The summed E-state index contributed by atoms with van der Waals surface area (Å²) in [5.41, 5.74) is 1.22. The Morgan fingerprint density at radius 1 is 1.25 bits per heavy atom. The van der Waals surface area contributed by atoms with Gasteiger partial charge >= 0.3 is 17.1 Å². The first-order valence-electron chi connectivity index (χ1n) is 4.31. The van der Waals surface area contributed by atoms with Crippen molar-refractivity contribution in [2.75, 3.05) is 0 Å². The van der Waals surface area contributed by atoms with Crippen molar-refractivity contribution >= 4 is 41.0 Å². The summed E-state index contributed by atoms with van der Waals surface area (Å²) in [6, 6.07) is 4.01. The molecule has 1 rings (SSSR count). The number of carbonyl (C=O) groups is 2. The van der Waals surface area contributed by atoms with E-state index in [2.05, 4.69) is 14.4 Å². The molecule has 0 bridgehead atoms. The molecule has 0 saturated carbocycles. The molecule has 5 nitrogen and oxygen atoms in total. The Morgan fingerprint density at radius 2 is 1.75 bits per heavy atom. The molecule has 1 aromatic heterocycles. The molecule has 0 spiro atoms. The van der Waals surface area contributed by atoms with E-state index in [0.29, 0.717) is 0 Å². The Balaban J connectivity index is 0. The molecule has 1 heterocycles. The van der Waals surface area contributed by atoms with E-state index < -0.39 is 0 Å². The van der Waals surface area contributed by atoms with Crippen LogP contribution < -0.4 is 9.44 Å². The summed E-state index contributed by atoms with van der Waals surface area (Å²) in [4.78, 5) is 23.3. The third-order valence-electron chi connectivity index (χ3n) is 1.14. The van der Waals surface area contributed by atoms with Crippen molar-refractivity contribution in [1.82, 2.24) is 14.4 Å². The van der Waals surface area contributed by atoms with Crippen LogP contribution in [0.4, 0.5) is 0 Å². The molecule has 92 valence electrons. The molecule has 3 N–H and O–H groups in total. The first kappa shape index (κ1) is 17.5. The monoisotopic (exact) mass is 311 g/mol. The minimum absolute atomic E-state index is 0. The van der Waals surface area contributed by atoms with Crippen molar-refractivity contribution in [1.29, 1.82) is 0 Å². The number of H-pyrrole nitrogens is 1. The molecule has 0 aliphatic heterocycles. The van der Waals surface area contributed by atoms with Crippen LogP contribution in [0.25, 0.3) is 0 Å². The standard InChI is InChI=1S/C5H7N.C4H8N2O2S.H2Se/c1-5-3-2-4-6-5;1-3(7)5-9-6-4(2)8;/h2-4,6H,1H3;1-2H3,(H,5,7)(H,6,8);1H2. The Morgan fingerprint density at radius 3 is 1.94 bits per heavy atom. The van der Waals surface area contributed by atoms with Crippen molar-refractivity contribution in [3.63, 3.8) is 0 Å². The van der Waals surface area contributed by atoms with Gasteiger partial charge in [-0.2, -0.15) is 0 Å². The summed E-state index contributed by atoms with van der Waals surface area (Å²) < 4.78 is 4.65. The third-order valence-corrected chi connectivity index (χ3v) is 1.92. The van der Waals surface area contributed by atoms with Crippen LogP contribution in [0, 0.1) is 6.92 Å². The number of nitrogens with one attached hydrogen (secondary N) is 3.